The van der Waals surface area contributed by atoms with Crippen LogP contribution in [0, 0.1) is 16.0 Å². The third-order valence-electron chi connectivity index (χ3n) is 4.98. The number of rotatable bonds is 3. The summed E-state index contributed by atoms with van der Waals surface area (Å²) in [7, 11) is 0. The molecular formula is C19H30N2O3. The van der Waals surface area contributed by atoms with E-state index in [2.05, 4.69) is 11.5 Å². The maximum atomic E-state index is 11.3. The number of ether oxygens (including phenoxy) is 1. The second-order valence-corrected chi connectivity index (χ2v) is 6.50. The van der Waals surface area contributed by atoms with E-state index < -0.39 is 0 Å². The van der Waals surface area contributed by atoms with Gasteiger partial charge in [0.15, 0.2) is 0 Å². The van der Waals surface area contributed by atoms with Gasteiger partial charge in [0.1, 0.15) is 0 Å². The van der Waals surface area contributed by atoms with Gasteiger partial charge in [-0.3, -0.25) is 10.1 Å². The fraction of sp³-hybridized carbons (Fsp3) is 0.684. The lowest BCUT2D eigenvalue weighted by molar-refractivity contribution is -0.421. The van der Waals surface area contributed by atoms with E-state index >= 15 is 0 Å². The van der Waals surface area contributed by atoms with Crippen molar-refractivity contribution in [2.45, 2.75) is 52.4 Å². The predicted molar refractivity (Wildman–Crippen MR) is 96.2 cm³/mol. The second kappa shape index (κ2) is 9.02. The Kier molecular flexibility index (Phi) is 7.03. The molecule has 0 spiro atoms. The molecule has 3 aliphatic rings. The molecule has 1 aliphatic carbocycles. The fourth-order valence-corrected chi connectivity index (χ4v) is 3.68. The summed E-state index contributed by atoms with van der Waals surface area (Å²) < 4.78 is 5.43. The standard InChI is InChI=1S/C17H24N2O3.C2H6/c1-13-10-16-15(4-2-3-5-17(16)19(20)21)12-18(13)11-14-6-8-22-9-7-14;1-2/h5,14H,1-4,6-12H2;1-2H3. The van der Waals surface area contributed by atoms with Crippen LogP contribution in [-0.4, -0.2) is 36.1 Å². The van der Waals surface area contributed by atoms with Crippen LogP contribution in [0.5, 0.6) is 0 Å². The van der Waals surface area contributed by atoms with Crippen LogP contribution >= 0.6 is 0 Å². The highest BCUT2D eigenvalue weighted by molar-refractivity contribution is 5.39. The van der Waals surface area contributed by atoms with Crippen molar-refractivity contribution >= 4 is 0 Å². The monoisotopic (exact) mass is 334 g/mol. The summed E-state index contributed by atoms with van der Waals surface area (Å²) in [5.41, 5.74) is 3.52. The van der Waals surface area contributed by atoms with E-state index in [9.17, 15) is 10.1 Å². The van der Waals surface area contributed by atoms with Gasteiger partial charge in [0, 0.05) is 44.0 Å². The first-order valence-corrected chi connectivity index (χ1v) is 9.21. The van der Waals surface area contributed by atoms with Gasteiger partial charge in [0.05, 0.1) is 4.92 Å². The molecule has 24 heavy (non-hydrogen) atoms. The SMILES string of the molecule is C=C1CC2=C(CCCC=C2[N+](=O)[O-])CN1CC1CCOCC1.CC. The molecule has 0 N–H and O–H groups in total. The molecule has 134 valence electrons. The number of hydrogen-bond donors (Lipinski definition) is 0. The van der Waals surface area contributed by atoms with Crippen molar-refractivity contribution in [3.63, 3.8) is 0 Å². The lowest BCUT2D eigenvalue weighted by Crippen LogP contribution is -2.36. The zero-order valence-electron chi connectivity index (χ0n) is 15.1. The summed E-state index contributed by atoms with van der Waals surface area (Å²) in [5.74, 6) is 0.656. The number of hydrogen-bond acceptors (Lipinski definition) is 4. The van der Waals surface area contributed by atoms with Crippen LogP contribution in [-0.2, 0) is 4.74 Å². The minimum absolute atomic E-state index is 0.220. The van der Waals surface area contributed by atoms with Gasteiger partial charge in [0.2, 0.25) is 0 Å². The van der Waals surface area contributed by atoms with E-state index in [0.717, 1.165) is 69.7 Å². The molecule has 0 atom stereocenters. The van der Waals surface area contributed by atoms with Gasteiger partial charge in [-0.1, -0.05) is 20.4 Å². The summed E-state index contributed by atoms with van der Waals surface area (Å²) in [6.45, 7) is 11.7. The lowest BCUT2D eigenvalue weighted by Gasteiger charge is -2.37. The third-order valence-corrected chi connectivity index (χ3v) is 4.98. The Morgan fingerprint density at radius 3 is 2.75 bits per heavy atom. The van der Waals surface area contributed by atoms with Crippen molar-refractivity contribution in [3.8, 4) is 0 Å². The van der Waals surface area contributed by atoms with E-state index in [1.807, 2.05) is 13.8 Å². The van der Waals surface area contributed by atoms with E-state index in [1.165, 1.54) is 5.57 Å². The molecule has 0 amide bonds. The Morgan fingerprint density at radius 2 is 2.08 bits per heavy atom. The number of nitro groups is 1. The number of allylic oxidation sites excluding steroid dienone is 3. The van der Waals surface area contributed by atoms with E-state index in [0.29, 0.717) is 18.0 Å². The van der Waals surface area contributed by atoms with Crippen molar-refractivity contribution in [1.82, 2.24) is 4.90 Å². The summed E-state index contributed by atoms with van der Waals surface area (Å²) in [6, 6.07) is 0. The molecule has 0 aromatic heterocycles. The molecule has 0 radical (unpaired) electrons. The molecule has 5 nitrogen and oxygen atoms in total. The first-order valence-electron chi connectivity index (χ1n) is 9.21. The molecule has 0 saturated carbocycles. The second-order valence-electron chi connectivity index (χ2n) is 6.50. The maximum absolute atomic E-state index is 11.3. The van der Waals surface area contributed by atoms with Gasteiger partial charge in [-0.25, -0.2) is 0 Å². The normalized spacial score (nSPS) is 22.2. The van der Waals surface area contributed by atoms with Crippen molar-refractivity contribution in [2.75, 3.05) is 26.3 Å². The molecule has 1 fully saturated rings. The highest BCUT2D eigenvalue weighted by Gasteiger charge is 2.31. The predicted octanol–water partition coefficient (Wildman–Crippen LogP) is 4.30. The van der Waals surface area contributed by atoms with Crippen LogP contribution in [0.15, 0.2) is 35.2 Å². The summed E-state index contributed by atoms with van der Waals surface area (Å²) in [5, 5.41) is 11.3. The van der Waals surface area contributed by atoms with Crippen LogP contribution in [0.1, 0.15) is 52.4 Å². The summed E-state index contributed by atoms with van der Waals surface area (Å²) in [6.07, 6.45) is 7.42. The largest absolute Gasteiger partial charge is 0.381 e. The summed E-state index contributed by atoms with van der Waals surface area (Å²) in [4.78, 5) is 13.4. The van der Waals surface area contributed by atoms with Gasteiger partial charge >= 0.3 is 0 Å². The van der Waals surface area contributed by atoms with E-state index in [-0.39, 0.29) is 4.92 Å². The molecular weight excluding hydrogens is 304 g/mol. The zero-order chi connectivity index (χ0) is 17.5. The first kappa shape index (κ1) is 18.7. The Bertz CT molecular complexity index is 531. The Hall–Kier alpha value is -1.62. The van der Waals surface area contributed by atoms with Crippen LogP contribution < -0.4 is 0 Å². The Morgan fingerprint density at radius 1 is 1.38 bits per heavy atom. The van der Waals surface area contributed by atoms with Gasteiger partial charge in [-0.15, -0.1) is 0 Å². The van der Waals surface area contributed by atoms with E-state index in [4.69, 9.17) is 4.74 Å². The molecule has 1 saturated heterocycles. The Balaban J connectivity index is 0.00000100. The van der Waals surface area contributed by atoms with Crippen LogP contribution in [0.4, 0.5) is 0 Å². The maximum Gasteiger partial charge on any atom is 0.269 e. The zero-order valence-corrected chi connectivity index (χ0v) is 15.1. The fourth-order valence-electron chi connectivity index (χ4n) is 3.68. The molecule has 3 rings (SSSR count). The van der Waals surface area contributed by atoms with Crippen molar-refractivity contribution in [1.29, 1.82) is 0 Å². The molecule has 5 heteroatoms. The highest BCUT2D eigenvalue weighted by Crippen LogP contribution is 2.35. The average molecular weight is 334 g/mol. The van der Waals surface area contributed by atoms with Gasteiger partial charge < -0.3 is 9.64 Å². The molecule has 0 aromatic rings. The van der Waals surface area contributed by atoms with Crippen molar-refractivity contribution in [3.05, 3.63) is 45.3 Å². The van der Waals surface area contributed by atoms with Gasteiger partial charge in [0.25, 0.3) is 5.70 Å². The quantitative estimate of drug-likeness (QED) is 0.570. The average Bonchev–Trinajstić information content (AvgIpc) is 2.80. The topological polar surface area (TPSA) is 55.6 Å². The number of nitrogens with zero attached hydrogens (tertiary/aromatic N) is 2. The van der Waals surface area contributed by atoms with Crippen LogP contribution in [0.3, 0.4) is 0 Å². The molecule has 0 aromatic carbocycles. The van der Waals surface area contributed by atoms with Crippen LogP contribution in [0.25, 0.3) is 0 Å². The van der Waals surface area contributed by atoms with Crippen LogP contribution in [0.2, 0.25) is 0 Å². The molecule has 2 aliphatic heterocycles. The van der Waals surface area contributed by atoms with E-state index in [1.54, 1.807) is 6.08 Å². The van der Waals surface area contributed by atoms with Crippen molar-refractivity contribution < 1.29 is 9.66 Å². The van der Waals surface area contributed by atoms with Gasteiger partial charge in [-0.05, 0) is 49.7 Å². The molecule has 2 heterocycles. The van der Waals surface area contributed by atoms with Crippen molar-refractivity contribution in [2.24, 2.45) is 5.92 Å². The Labute approximate surface area is 145 Å². The minimum Gasteiger partial charge on any atom is -0.381 e. The molecule has 0 bridgehead atoms. The third kappa shape index (κ3) is 4.47. The minimum atomic E-state index is -0.220. The molecule has 0 unspecified atom stereocenters. The van der Waals surface area contributed by atoms with Gasteiger partial charge in [-0.2, -0.15) is 0 Å². The smallest absolute Gasteiger partial charge is 0.269 e. The lowest BCUT2D eigenvalue weighted by atomic mass is 9.92. The highest BCUT2D eigenvalue weighted by atomic mass is 16.6. The summed E-state index contributed by atoms with van der Waals surface area (Å²) >= 11 is 0. The first-order chi connectivity index (χ1) is 11.6.